The fourth-order valence-corrected chi connectivity index (χ4v) is 4.08. The van der Waals surface area contributed by atoms with Crippen LogP contribution in [0.3, 0.4) is 0 Å². The second kappa shape index (κ2) is 10.6. The molecule has 0 bridgehead atoms. The third kappa shape index (κ3) is 5.14. The zero-order valence-corrected chi connectivity index (χ0v) is 20.4. The van der Waals surface area contributed by atoms with Gasteiger partial charge in [-0.3, -0.25) is 19.1 Å². The number of H-pyrrole nitrogens is 1. The smallest absolute Gasteiger partial charge is 0.330 e. The lowest BCUT2D eigenvalue weighted by Gasteiger charge is -2.13. The minimum atomic E-state index is -0.458. The average Bonchev–Trinajstić information content (AvgIpc) is 3.23. The number of aromatic nitrogens is 4. The van der Waals surface area contributed by atoms with Crippen molar-refractivity contribution in [2.45, 2.75) is 46.3 Å². The van der Waals surface area contributed by atoms with Crippen LogP contribution in [0.4, 0.5) is 11.4 Å². The Morgan fingerprint density at radius 3 is 2.51 bits per heavy atom. The first-order valence-corrected chi connectivity index (χ1v) is 11.9. The Morgan fingerprint density at radius 1 is 1.06 bits per heavy atom. The van der Waals surface area contributed by atoms with Crippen molar-refractivity contribution in [2.75, 3.05) is 10.6 Å². The van der Waals surface area contributed by atoms with E-state index in [-0.39, 0.29) is 12.5 Å². The Hall–Kier alpha value is -3.85. The van der Waals surface area contributed by atoms with Crippen LogP contribution in [0.25, 0.3) is 11.2 Å². The molecule has 1 amide bonds. The number of benzene rings is 2. The second-order valence-corrected chi connectivity index (χ2v) is 8.51. The number of hydrogen-bond donors (Lipinski definition) is 3. The van der Waals surface area contributed by atoms with Gasteiger partial charge in [-0.2, -0.15) is 0 Å². The number of carbonyl (C=O) groups is 1. The van der Waals surface area contributed by atoms with Crippen LogP contribution in [-0.2, 0) is 19.6 Å². The number of unbranched alkanes of at least 4 members (excludes halogenated alkanes) is 1. The molecular formula is C25H27ClN6O3. The molecule has 182 valence electrons. The summed E-state index contributed by atoms with van der Waals surface area (Å²) in [5.41, 5.74) is 1.53. The van der Waals surface area contributed by atoms with Crippen LogP contribution in [0.15, 0.2) is 58.1 Å². The van der Waals surface area contributed by atoms with E-state index in [1.165, 1.54) is 4.57 Å². The minimum Gasteiger partial charge on any atom is -0.377 e. The number of fused-ring (bicyclic) bond motifs is 1. The number of halogens is 1. The van der Waals surface area contributed by atoms with Gasteiger partial charge < -0.3 is 15.2 Å². The Balaban J connectivity index is 1.63. The third-order valence-electron chi connectivity index (χ3n) is 5.73. The first-order valence-electron chi connectivity index (χ1n) is 11.5. The van der Waals surface area contributed by atoms with Gasteiger partial charge in [0.2, 0.25) is 0 Å². The van der Waals surface area contributed by atoms with Gasteiger partial charge in [0.05, 0.1) is 12.1 Å². The number of anilines is 2. The van der Waals surface area contributed by atoms with E-state index in [9.17, 15) is 14.4 Å². The molecule has 2 heterocycles. The van der Waals surface area contributed by atoms with E-state index in [4.69, 9.17) is 11.6 Å². The zero-order valence-electron chi connectivity index (χ0n) is 19.6. The zero-order chi connectivity index (χ0) is 24.9. The Labute approximate surface area is 206 Å². The molecule has 0 spiro atoms. The number of nitrogens with zero attached hydrogens (tertiary/aromatic N) is 3. The molecule has 2 aromatic heterocycles. The summed E-state index contributed by atoms with van der Waals surface area (Å²) in [6.45, 7) is 5.19. The number of para-hydroxylation sites is 1. The molecule has 3 N–H and O–H groups in total. The highest BCUT2D eigenvalue weighted by atomic mass is 35.5. The van der Waals surface area contributed by atoms with Gasteiger partial charge in [-0.1, -0.05) is 37.1 Å². The van der Waals surface area contributed by atoms with E-state index >= 15 is 0 Å². The topological polar surface area (TPSA) is 114 Å². The molecule has 10 heteroatoms. The van der Waals surface area contributed by atoms with Gasteiger partial charge >= 0.3 is 5.69 Å². The first-order chi connectivity index (χ1) is 16.9. The number of rotatable bonds is 9. The number of hydrogen-bond acceptors (Lipinski definition) is 5. The summed E-state index contributed by atoms with van der Waals surface area (Å²) in [7, 11) is 0. The molecule has 9 nitrogen and oxygen atoms in total. The number of aromatic amines is 1. The number of amides is 1. The summed E-state index contributed by atoms with van der Waals surface area (Å²) < 4.78 is 3.31. The van der Waals surface area contributed by atoms with Gasteiger partial charge in [0.25, 0.3) is 11.5 Å². The Kier molecular flexibility index (Phi) is 7.36. The lowest BCUT2D eigenvalue weighted by atomic mass is 10.1. The summed E-state index contributed by atoms with van der Waals surface area (Å²) in [5.74, 6) is 0.320. The highest BCUT2D eigenvalue weighted by Crippen LogP contribution is 2.20. The second-order valence-electron chi connectivity index (χ2n) is 8.07. The van der Waals surface area contributed by atoms with Crippen molar-refractivity contribution in [1.29, 1.82) is 0 Å². The molecule has 4 aromatic rings. The largest absolute Gasteiger partial charge is 0.377 e. The van der Waals surface area contributed by atoms with Gasteiger partial charge in [0, 0.05) is 29.5 Å². The summed E-state index contributed by atoms with van der Waals surface area (Å²) in [5, 5.41) is 6.73. The molecule has 35 heavy (non-hydrogen) atoms. The summed E-state index contributed by atoms with van der Waals surface area (Å²) in [6.07, 6.45) is 1.70. The van der Waals surface area contributed by atoms with Crippen LogP contribution in [0.1, 0.15) is 42.9 Å². The number of imidazole rings is 1. The lowest BCUT2D eigenvalue weighted by Crippen LogP contribution is -2.31. The van der Waals surface area contributed by atoms with Crippen LogP contribution in [0.2, 0.25) is 5.02 Å². The Bertz CT molecular complexity index is 1470. The molecule has 0 aliphatic carbocycles. The van der Waals surface area contributed by atoms with Gasteiger partial charge in [-0.05, 0) is 49.7 Å². The van der Waals surface area contributed by atoms with Gasteiger partial charge in [-0.15, -0.1) is 0 Å². The van der Waals surface area contributed by atoms with Gasteiger partial charge in [-0.25, -0.2) is 9.78 Å². The van der Waals surface area contributed by atoms with Crippen molar-refractivity contribution in [3.8, 4) is 0 Å². The minimum absolute atomic E-state index is 0.259. The molecular weight excluding hydrogens is 468 g/mol. The van der Waals surface area contributed by atoms with Crippen molar-refractivity contribution in [3.63, 3.8) is 0 Å². The Morgan fingerprint density at radius 2 is 1.80 bits per heavy atom. The molecule has 0 aliphatic heterocycles. The van der Waals surface area contributed by atoms with Crippen molar-refractivity contribution in [2.24, 2.45) is 0 Å². The molecule has 0 atom stereocenters. The van der Waals surface area contributed by atoms with E-state index in [0.717, 1.165) is 12.8 Å². The van der Waals surface area contributed by atoms with Crippen molar-refractivity contribution >= 4 is 40.0 Å². The normalized spacial score (nSPS) is 11.1. The van der Waals surface area contributed by atoms with E-state index in [2.05, 4.69) is 20.6 Å². The van der Waals surface area contributed by atoms with Crippen LogP contribution >= 0.6 is 11.6 Å². The maximum Gasteiger partial charge on any atom is 0.330 e. The van der Waals surface area contributed by atoms with E-state index in [0.29, 0.717) is 52.0 Å². The highest BCUT2D eigenvalue weighted by molar-refractivity contribution is 6.30. The quantitative estimate of drug-likeness (QED) is 0.322. The molecule has 4 rings (SSSR count). The molecule has 0 unspecified atom stereocenters. The summed E-state index contributed by atoms with van der Waals surface area (Å²) in [6, 6.07) is 14.0. The third-order valence-corrected chi connectivity index (χ3v) is 5.98. The first kappa shape index (κ1) is 24.3. The van der Waals surface area contributed by atoms with E-state index in [1.54, 1.807) is 47.0 Å². The maximum absolute atomic E-state index is 12.9. The fourth-order valence-electron chi connectivity index (χ4n) is 3.96. The monoisotopic (exact) mass is 494 g/mol. The van der Waals surface area contributed by atoms with E-state index < -0.39 is 11.2 Å². The van der Waals surface area contributed by atoms with Gasteiger partial charge in [0.15, 0.2) is 11.2 Å². The van der Waals surface area contributed by atoms with E-state index in [1.807, 2.05) is 19.9 Å². The van der Waals surface area contributed by atoms with Crippen molar-refractivity contribution < 1.29 is 4.79 Å². The van der Waals surface area contributed by atoms with Crippen molar-refractivity contribution in [1.82, 2.24) is 19.1 Å². The van der Waals surface area contributed by atoms with Crippen LogP contribution in [0.5, 0.6) is 0 Å². The predicted molar refractivity (Wildman–Crippen MR) is 138 cm³/mol. The van der Waals surface area contributed by atoms with Crippen molar-refractivity contribution in [3.05, 3.63) is 85.8 Å². The lowest BCUT2D eigenvalue weighted by molar-refractivity contribution is 0.102. The van der Waals surface area contributed by atoms with Gasteiger partial charge in [0.1, 0.15) is 5.82 Å². The van der Waals surface area contributed by atoms with Crippen LogP contribution in [-0.4, -0.2) is 25.0 Å². The average molecular weight is 495 g/mol. The fraction of sp³-hybridized carbons (Fsp3) is 0.280. The number of aryl methyl sites for hydroxylation is 2. The van der Waals surface area contributed by atoms with Crippen LogP contribution < -0.4 is 21.9 Å². The molecule has 0 saturated carbocycles. The summed E-state index contributed by atoms with van der Waals surface area (Å²) in [4.78, 5) is 45.0. The standard InChI is InChI=1S/C25H27ClN6O3/c1-3-5-14-32-22-21(24(34)30-25(32)35)31(4-2)20(29-22)15-27-19-9-7-6-8-18(19)23(33)28-17-12-10-16(26)11-13-17/h6-13,27H,3-5,14-15H2,1-2H3,(H,28,33)(H,30,34,35). The number of carbonyl (C=O) groups excluding carboxylic acids is 1. The molecule has 0 aliphatic rings. The predicted octanol–water partition coefficient (Wildman–Crippen LogP) is 4.22. The van der Waals surface area contributed by atoms with Crippen LogP contribution in [0, 0.1) is 0 Å². The SMILES string of the molecule is CCCCn1c(=O)[nH]c(=O)c2c1nc(CNc1ccccc1C(=O)Nc1ccc(Cl)cc1)n2CC. The molecule has 0 fully saturated rings. The molecule has 2 aromatic carbocycles. The number of nitrogens with one attached hydrogen (secondary N) is 3. The summed E-state index contributed by atoms with van der Waals surface area (Å²) >= 11 is 5.93. The molecule has 0 radical (unpaired) electrons. The molecule has 0 saturated heterocycles. The maximum atomic E-state index is 12.9. The highest BCUT2D eigenvalue weighted by Gasteiger charge is 2.18.